The molecule has 0 fully saturated rings. The van der Waals surface area contributed by atoms with E-state index >= 15 is 0 Å². The lowest BCUT2D eigenvalue weighted by atomic mass is 10.1. The van der Waals surface area contributed by atoms with Crippen molar-refractivity contribution in [3.63, 3.8) is 0 Å². The second-order valence-corrected chi connectivity index (χ2v) is 3.29. The molecule has 1 nitrogen and oxygen atoms in total. The van der Waals surface area contributed by atoms with Gasteiger partial charge in [0.15, 0.2) is 0 Å². The molecule has 1 aromatic heterocycles. The van der Waals surface area contributed by atoms with Crippen molar-refractivity contribution < 1.29 is 0 Å². The molecule has 56 valence electrons. The van der Waals surface area contributed by atoms with Crippen LogP contribution in [0.4, 0.5) is 0 Å². The fraction of sp³-hybridized carbons (Fsp3) is 0.111. The summed E-state index contributed by atoms with van der Waals surface area (Å²) in [4.78, 5) is 0. The molecule has 0 bridgehead atoms. The number of rotatable bonds is 1. The first-order chi connectivity index (χ1) is 5.36. The van der Waals surface area contributed by atoms with Crippen molar-refractivity contribution in [3.05, 3.63) is 35.2 Å². The Morgan fingerprint density at radius 2 is 1.82 bits per heavy atom. The zero-order chi connectivity index (χ0) is 7.68. The van der Waals surface area contributed by atoms with Gasteiger partial charge in [0.05, 0.1) is 5.69 Å². The standard InChI is InChI=1S/C9H9NS/c1-7-2-4-8(5-3-7)9-6-11-10-9/h2-6,10H,1H3. The van der Waals surface area contributed by atoms with Crippen LogP contribution in [0, 0.1) is 6.92 Å². The number of nitrogens with one attached hydrogen (secondary N) is 1. The molecule has 1 N–H and O–H groups in total. The smallest absolute Gasteiger partial charge is 0.0663 e. The normalized spacial score (nSPS) is 10.3. The molecule has 0 aliphatic heterocycles. The van der Waals surface area contributed by atoms with E-state index in [1.54, 1.807) is 11.5 Å². The van der Waals surface area contributed by atoms with Gasteiger partial charge in [-0.05, 0) is 12.5 Å². The van der Waals surface area contributed by atoms with E-state index in [1.165, 1.54) is 16.8 Å². The van der Waals surface area contributed by atoms with Crippen LogP contribution in [0.15, 0.2) is 29.6 Å². The number of benzene rings is 1. The van der Waals surface area contributed by atoms with Crippen LogP contribution in [-0.4, -0.2) is 4.37 Å². The highest BCUT2D eigenvalue weighted by Gasteiger charge is 1.97. The van der Waals surface area contributed by atoms with Crippen LogP contribution in [0.2, 0.25) is 0 Å². The van der Waals surface area contributed by atoms with Gasteiger partial charge in [0, 0.05) is 5.38 Å². The Labute approximate surface area is 69.8 Å². The molecular weight excluding hydrogens is 154 g/mol. The summed E-state index contributed by atoms with van der Waals surface area (Å²) in [7, 11) is 0. The van der Waals surface area contributed by atoms with E-state index < -0.39 is 0 Å². The second kappa shape index (κ2) is 2.55. The Balaban J connectivity index is 2.38. The predicted molar refractivity (Wildman–Crippen MR) is 48.8 cm³/mol. The van der Waals surface area contributed by atoms with Gasteiger partial charge in [-0.2, -0.15) is 0 Å². The van der Waals surface area contributed by atoms with Crippen LogP contribution >= 0.6 is 11.5 Å². The van der Waals surface area contributed by atoms with Crippen molar-refractivity contribution in [2.24, 2.45) is 0 Å². The van der Waals surface area contributed by atoms with Gasteiger partial charge in [0.25, 0.3) is 0 Å². The van der Waals surface area contributed by atoms with E-state index in [0.717, 1.165) is 0 Å². The van der Waals surface area contributed by atoms with Gasteiger partial charge < -0.3 is 4.37 Å². The summed E-state index contributed by atoms with van der Waals surface area (Å²) in [6, 6.07) is 8.52. The molecule has 2 rings (SSSR count). The quantitative estimate of drug-likeness (QED) is 0.665. The van der Waals surface area contributed by atoms with Crippen molar-refractivity contribution in [1.82, 2.24) is 4.37 Å². The molecule has 2 aromatic rings. The maximum absolute atomic E-state index is 3.16. The van der Waals surface area contributed by atoms with Crippen LogP contribution in [0.5, 0.6) is 0 Å². The molecule has 0 amide bonds. The number of hydrogen-bond donors (Lipinski definition) is 1. The molecule has 0 unspecified atom stereocenters. The summed E-state index contributed by atoms with van der Waals surface area (Å²) in [5.41, 5.74) is 3.81. The average molecular weight is 163 g/mol. The predicted octanol–water partition coefficient (Wildman–Crippen LogP) is 3.05. The summed E-state index contributed by atoms with van der Waals surface area (Å²) in [5.74, 6) is 0. The van der Waals surface area contributed by atoms with Gasteiger partial charge in [-0.3, -0.25) is 0 Å². The van der Waals surface area contributed by atoms with Gasteiger partial charge in [-0.25, -0.2) is 0 Å². The molecule has 0 aliphatic rings. The van der Waals surface area contributed by atoms with E-state index in [4.69, 9.17) is 0 Å². The monoisotopic (exact) mass is 163 g/mol. The van der Waals surface area contributed by atoms with Crippen LogP contribution in [-0.2, 0) is 0 Å². The molecule has 2 heteroatoms. The van der Waals surface area contributed by atoms with Gasteiger partial charge in [-0.1, -0.05) is 41.4 Å². The topological polar surface area (TPSA) is 15.8 Å². The van der Waals surface area contributed by atoms with E-state index in [0.29, 0.717) is 0 Å². The summed E-state index contributed by atoms with van der Waals surface area (Å²) in [6.07, 6.45) is 0. The first-order valence-corrected chi connectivity index (χ1v) is 4.43. The first-order valence-electron chi connectivity index (χ1n) is 3.55. The van der Waals surface area contributed by atoms with Crippen molar-refractivity contribution in [3.8, 4) is 11.3 Å². The van der Waals surface area contributed by atoms with Gasteiger partial charge in [0.1, 0.15) is 0 Å². The summed E-state index contributed by atoms with van der Waals surface area (Å²) < 4.78 is 3.16. The molecule has 0 radical (unpaired) electrons. The van der Waals surface area contributed by atoms with Crippen LogP contribution in [0.1, 0.15) is 5.56 Å². The third-order valence-electron chi connectivity index (χ3n) is 1.71. The van der Waals surface area contributed by atoms with Gasteiger partial charge >= 0.3 is 0 Å². The molecule has 0 aliphatic carbocycles. The van der Waals surface area contributed by atoms with E-state index in [9.17, 15) is 0 Å². The van der Waals surface area contributed by atoms with Crippen molar-refractivity contribution in [1.29, 1.82) is 0 Å². The SMILES string of the molecule is Cc1ccc(-c2cs[nH]2)cc1. The van der Waals surface area contributed by atoms with Gasteiger partial charge in [-0.15, -0.1) is 0 Å². The van der Waals surface area contributed by atoms with Crippen molar-refractivity contribution >= 4 is 11.5 Å². The number of aromatic amines is 1. The largest absolute Gasteiger partial charge is 0.310 e. The van der Waals surface area contributed by atoms with E-state index in [-0.39, 0.29) is 0 Å². The lowest BCUT2D eigenvalue weighted by Crippen LogP contribution is -1.81. The Morgan fingerprint density at radius 1 is 1.18 bits per heavy atom. The lowest BCUT2D eigenvalue weighted by molar-refractivity contribution is 1.43. The molecule has 0 atom stereocenters. The Morgan fingerprint density at radius 3 is 2.27 bits per heavy atom. The van der Waals surface area contributed by atoms with Crippen LogP contribution in [0.3, 0.4) is 0 Å². The maximum atomic E-state index is 3.16. The summed E-state index contributed by atoms with van der Waals surface area (Å²) in [6.45, 7) is 2.10. The van der Waals surface area contributed by atoms with E-state index in [1.807, 2.05) is 0 Å². The minimum Gasteiger partial charge on any atom is -0.310 e. The highest BCUT2D eigenvalue weighted by atomic mass is 32.1. The molecule has 11 heavy (non-hydrogen) atoms. The Kier molecular flexibility index (Phi) is 1.55. The third kappa shape index (κ3) is 1.21. The number of H-pyrrole nitrogens is 1. The third-order valence-corrected chi connectivity index (χ3v) is 2.40. The summed E-state index contributed by atoms with van der Waals surface area (Å²) in [5, 5.41) is 2.12. The second-order valence-electron chi connectivity index (χ2n) is 2.62. The lowest BCUT2D eigenvalue weighted by Gasteiger charge is -2.02. The van der Waals surface area contributed by atoms with E-state index in [2.05, 4.69) is 40.9 Å². The number of aromatic nitrogens is 1. The molecule has 0 saturated carbocycles. The maximum Gasteiger partial charge on any atom is 0.0663 e. The minimum absolute atomic E-state index is 1.23. The van der Waals surface area contributed by atoms with Crippen molar-refractivity contribution in [2.75, 3.05) is 0 Å². The highest BCUT2D eigenvalue weighted by Crippen LogP contribution is 2.20. The number of hydrogen-bond acceptors (Lipinski definition) is 1. The van der Waals surface area contributed by atoms with Gasteiger partial charge in [0.2, 0.25) is 0 Å². The molecule has 1 heterocycles. The van der Waals surface area contributed by atoms with Crippen molar-refractivity contribution in [2.45, 2.75) is 6.92 Å². The molecule has 1 aromatic carbocycles. The molecule has 0 saturated heterocycles. The fourth-order valence-corrected chi connectivity index (χ4v) is 1.47. The first kappa shape index (κ1) is 6.68. The Bertz CT molecular complexity index is 319. The minimum atomic E-state index is 1.23. The average Bonchev–Trinajstić information content (AvgIpc) is 1.90. The zero-order valence-corrected chi connectivity index (χ0v) is 7.11. The fourth-order valence-electron chi connectivity index (χ4n) is 0.978. The van der Waals surface area contributed by atoms with Crippen LogP contribution < -0.4 is 0 Å². The summed E-state index contributed by atoms with van der Waals surface area (Å²) >= 11 is 1.63. The molecular formula is C9H9NS. The highest BCUT2D eigenvalue weighted by molar-refractivity contribution is 7.05. The number of aryl methyl sites for hydroxylation is 1. The van der Waals surface area contributed by atoms with Crippen LogP contribution in [0.25, 0.3) is 11.3 Å². The molecule has 0 spiro atoms. The Hall–Kier alpha value is -1.02. The zero-order valence-electron chi connectivity index (χ0n) is 6.29.